The van der Waals surface area contributed by atoms with Crippen molar-refractivity contribution < 1.29 is 4.79 Å². The topological polar surface area (TPSA) is 51.0 Å². The van der Waals surface area contributed by atoms with E-state index < -0.39 is 0 Å². The molecule has 5 nitrogen and oxygen atoms in total. The van der Waals surface area contributed by atoms with Crippen molar-refractivity contribution >= 4 is 16.9 Å². The molecule has 1 fully saturated rings. The van der Waals surface area contributed by atoms with Gasteiger partial charge >= 0.3 is 0 Å². The van der Waals surface area contributed by atoms with Crippen molar-refractivity contribution in [2.45, 2.75) is 76.8 Å². The second-order valence-electron chi connectivity index (χ2n) is 7.26. The van der Waals surface area contributed by atoms with Gasteiger partial charge in [0.2, 0.25) is 5.91 Å². The Bertz CT molecular complexity index is 675. The fraction of sp³-hybridized carbons (Fsp3) is 0.650. The van der Waals surface area contributed by atoms with Gasteiger partial charge in [-0.25, -0.2) is 4.98 Å². The third-order valence-corrected chi connectivity index (χ3v) is 5.48. The predicted octanol–water partition coefficient (Wildman–Crippen LogP) is 4.17. The van der Waals surface area contributed by atoms with Crippen LogP contribution in [-0.2, 0) is 11.3 Å². The Kier molecular flexibility index (Phi) is 6.42. The standard InChI is InChI=1S/C20H30N4O/c1-23(17-9-5-4-6-10-17)20(25)11-7-2-3-8-14-24-16-22-18-15-21-13-12-19(18)24/h12-13,15-17H,2-11,14H2,1H3. The SMILES string of the molecule is CN(C(=O)CCCCCCn1cnc2cnccc21)C1CCCCC1. The molecule has 1 aliphatic rings. The zero-order chi connectivity index (χ0) is 17.5. The van der Waals surface area contributed by atoms with Gasteiger partial charge in [-0.3, -0.25) is 9.78 Å². The first-order valence-corrected chi connectivity index (χ1v) is 9.76. The number of carbonyl (C=O) groups excluding carboxylic acids is 1. The lowest BCUT2D eigenvalue weighted by atomic mass is 9.94. The summed E-state index contributed by atoms with van der Waals surface area (Å²) in [4.78, 5) is 22.8. The van der Waals surface area contributed by atoms with Crippen molar-refractivity contribution in [3.8, 4) is 0 Å². The molecule has 25 heavy (non-hydrogen) atoms. The van der Waals surface area contributed by atoms with Crippen LogP contribution in [0.1, 0.15) is 64.2 Å². The zero-order valence-electron chi connectivity index (χ0n) is 15.4. The van der Waals surface area contributed by atoms with Crippen LogP contribution in [0.15, 0.2) is 24.8 Å². The average molecular weight is 342 g/mol. The third-order valence-electron chi connectivity index (χ3n) is 5.48. The smallest absolute Gasteiger partial charge is 0.222 e. The second kappa shape index (κ2) is 8.97. The lowest BCUT2D eigenvalue weighted by Crippen LogP contribution is -2.38. The first-order valence-electron chi connectivity index (χ1n) is 9.76. The molecule has 2 heterocycles. The molecule has 2 aromatic rings. The molecule has 3 rings (SSSR count). The van der Waals surface area contributed by atoms with E-state index in [1.54, 1.807) is 6.20 Å². The van der Waals surface area contributed by atoms with Gasteiger partial charge in [-0.15, -0.1) is 0 Å². The Morgan fingerprint density at radius 3 is 2.84 bits per heavy atom. The number of imidazole rings is 1. The molecule has 0 spiro atoms. The molecule has 5 heteroatoms. The van der Waals surface area contributed by atoms with Crippen molar-refractivity contribution in [2.75, 3.05) is 7.05 Å². The van der Waals surface area contributed by atoms with Crippen LogP contribution in [0.3, 0.4) is 0 Å². The van der Waals surface area contributed by atoms with Gasteiger partial charge in [0.25, 0.3) is 0 Å². The van der Waals surface area contributed by atoms with Gasteiger partial charge in [0, 0.05) is 32.3 Å². The molecule has 0 atom stereocenters. The maximum absolute atomic E-state index is 12.3. The van der Waals surface area contributed by atoms with Gasteiger partial charge in [-0.2, -0.15) is 0 Å². The van der Waals surface area contributed by atoms with Crippen LogP contribution >= 0.6 is 0 Å². The largest absolute Gasteiger partial charge is 0.343 e. The first-order chi connectivity index (χ1) is 12.3. The first kappa shape index (κ1) is 17.9. The van der Waals surface area contributed by atoms with E-state index in [2.05, 4.69) is 14.5 Å². The highest BCUT2D eigenvalue weighted by molar-refractivity contribution is 5.76. The predicted molar refractivity (Wildman–Crippen MR) is 100 cm³/mol. The van der Waals surface area contributed by atoms with Gasteiger partial charge in [0.1, 0.15) is 5.52 Å². The van der Waals surface area contributed by atoms with Crippen molar-refractivity contribution in [1.29, 1.82) is 0 Å². The Balaban J connectivity index is 1.31. The highest BCUT2D eigenvalue weighted by Crippen LogP contribution is 2.22. The highest BCUT2D eigenvalue weighted by Gasteiger charge is 2.21. The van der Waals surface area contributed by atoms with E-state index >= 15 is 0 Å². The van der Waals surface area contributed by atoms with Crippen LogP contribution in [0.5, 0.6) is 0 Å². The molecular weight excluding hydrogens is 312 g/mol. The summed E-state index contributed by atoms with van der Waals surface area (Å²) in [6, 6.07) is 2.51. The van der Waals surface area contributed by atoms with Crippen LogP contribution in [0, 0.1) is 0 Å². The molecule has 0 unspecified atom stereocenters. The van der Waals surface area contributed by atoms with E-state index in [0.717, 1.165) is 43.3 Å². The molecule has 2 aromatic heterocycles. The lowest BCUT2D eigenvalue weighted by Gasteiger charge is -2.31. The normalized spacial score (nSPS) is 15.6. The number of pyridine rings is 1. The molecule has 0 saturated heterocycles. The van der Waals surface area contributed by atoms with Crippen LogP contribution in [0.4, 0.5) is 0 Å². The molecule has 1 aliphatic carbocycles. The van der Waals surface area contributed by atoms with E-state index in [0.29, 0.717) is 18.4 Å². The van der Waals surface area contributed by atoms with E-state index in [1.807, 2.05) is 30.5 Å². The number of unbranched alkanes of at least 4 members (excludes halogenated alkanes) is 3. The Hall–Kier alpha value is -1.91. The maximum Gasteiger partial charge on any atom is 0.222 e. The molecule has 0 aromatic carbocycles. The summed E-state index contributed by atoms with van der Waals surface area (Å²) in [6.45, 7) is 0.983. The number of amides is 1. The van der Waals surface area contributed by atoms with Gasteiger partial charge < -0.3 is 9.47 Å². The van der Waals surface area contributed by atoms with Crippen LogP contribution in [0.2, 0.25) is 0 Å². The van der Waals surface area contributed by atoms with Crippen molar-refractivity contribution in [3.05, 3.63) is 24.8 Å². The Morgan fingerprint density at radius 2 is 2.00 bits per heavy atom. The molecule has 0 N–H and O–H groups in total. The van der Waals surface area contributed by atoms with E-state index in [9.17, 15) is 4.79 Å². The molecule has 0 aliphatic heterocycles. The third kappa shape index (κ3) is 4.80. The number of nitrogens with zero attached hydrogens (tertiary/aromatic N) is 4. The number of aromatic nitrogens is 3. The summed E-state index contributed by atoms with van der Waals surface area (Å²) in [5.41, 5.74) is 2.11. The molecule has 136 valence electrons. The molecule has 1 saturated carbocycles. The maximum atomic E-state index is 12.3. The minimum Gasteiger partial charge on any atom is -0.343 e. The van der Waals surface area contributed by atoms with Crippen molar-refractivity contribution in [3.63, 3.8) is 0 Å². The van der Waals surface area contributed by atoms with E-state index in [1.165, 1.54) is 32.1 Å². The second-order valence-corrected chi connectivity index (χ2v) is 7.26. The summed E-state index contributed by atoms with van der Waals surface area (Å²) < 4.78 is 2.19. The zero-order valence-corrected chi connectivity index (χ0v) is 15.4. The highest BCUT2D eigenvalue weighted by atomic mass is 16.2. The fourth-order valence-corrected chi connectivity index (χ4v) is 3.85. The summed E-state index contributed by atoms with van der Waals surface area (Å²) in [5.74, 6) is 0.333. The summed E-state index contributed by atoms with van der Waals surface area (Å²) in [7, 11) is 2.00. The Labute approximate surface area is 150 Å². The number of hydrogen-bond acceptors (Lipinski definition) is 3. The van der Waals surface area contributed by atoms with Crippen molar-refractivity contribution in [2.24, 2.45) is 0 Å². The number of carbonyl (C=O) groups is 1. The molecule has 0 radical (unpaired) electrons. The van der Waals surface area contributed by atoms with Crippen LogP contribution < -0.4 is 0 Å². The molecule has 1 amide bonds. The summed E-state index contributed by atoms with van der Waals surface area (Å²) in [6.07, 6.45) is 16.9. The summed E-state index contributed by atoms with van der Waals surface area (Å²) in [5, 5.41) is 0. The number of fused-ring (bicyclic) bond motifs is 1. The van der Waals surface area contributed by atoms with Crippen molar-refractivity contribution in [1.82, 2.24) is 19.4 Å². The minimum atomic E-state index is 0.333. The monoisotopic (exact) mass is 342 g/mol. The Morgan fingerprint density at radius 1 is 1.20 bits per heavy atom. The van der Waals surface area contributed by atoms with Crippen LogP contribution in [-0.4, -0.2) is 38.4 Å². The van der Waals surface area contributed by atoms with Gasteiger partial charge in [0.05, 0.1) is 18.0 Å². The molecule has 0 bridgehead atoms. The lowest BCUT2D eigenvalue weighted by molar-refractivity contribution is -0.132. The fourth-order valence-electron chi connectivity index (χ4n) is 3.85. The number of hydrogen-bond donors (Lipinski definition) is 0. The van der Waals surface area contributed by atoms with E-state index in [4.69, 9.17) is 0 Å². The van der Waals surface area contributed by atoms with E-state index in [-0.39, 0.29) is 0 Å². The van der Waals surface area contributed by atoms with Crippen LogP contribution in [0.25, 0.3) is 11.0 Å². The average Bonchev–Trinajstić information content (AvgIpc) is 3.07. The molecular formula is C20H30N4O. The number of aryl methyl sites for hydroxylation is 1. The van der Waals surface area contributed by atoms with Gasteiger partial charge in [0.15, 0.2) is 0 Å². The summed E-state index contributed by atoms with van der Waals surface area (Å²) >= 11 is 0. The minimum absolute atomic E-state index is 0.333. The van der Waals surface area contributed by atoms with Gasteiger partial charge in [-0.05, 0) is 31.7 Å². The quantitative estimate of drug-likeness (QED) is 0.677. The van der Waals surface area contributed by atoms with Gasteiger partial charge in [-0.1, -0.05) is 32.1 Å². The number of rotatable bonds is 8.